The summed E-state index contributed by atoms with van der Waals surface area (Å²) in [6.45, 7) is 0.177. The zero-order valence-corrected chi connectivity index (χ0v) is 15.4. The normalized spacial score (nSPS) is 25.6. The molecule has 2 saturated heterocycles. The van der Waals surface area contributed by atoms with E-state index >= 15 is 0 Å². The van der Waals surface area contributed by atoms with Gasteiger partial charge in [-0.1, -0.05) is 18.2 Å². The first kappa shape index (κ1) is 18.0. The Bertz CT molecular complexity index is 552. The maximum absolute atomic E-state index is 11.9. The summed E-state index contributed by atoms with van der Waals surface area (Å²) in [6, 6.07) is 9.70. The molecule has 2 fully saturated rings. The monoisotopic (exact) mass is 430 g/mol. The van der Waals surface area contributed by atoms with Gasteiger partial charge in [0.1, 0.15) is 0 Å². The average Bonchev–Trinajstić information content (AvgIpc) is 3.15. The van der Waals surface area contributed by atoms with Crippen LogP contribution in [0, 0.1) is 0 Å². The van der Waals surface area contributed by atoms with Crippen molar-refractivity contribution in [3.05, 3.63) is 30.3 Å². The molecule has 2 aliphatic heterocycles. The number of anilines is 1. The van der Waals surface area contributed by atoms with Crippen molar-refractivity contribution in [1.29, 1.82) is 0 Å². The van der Waals surface area contributed by atoms with Gasteiger partial charge < -0.3 is 20.7 Å². The molecule has 1 amide bonds. The first-order valence-corrected chi connectivity index (χ1v) is 7.72. The van der Waals surface area contributed by atoms with E-state index in [1.807, 2.05) is 30.3 Å². The second-order valence-electron chi connectivity index (χ2n) is 5.70. The predicted octanol–water partition coefficient (Wildman–Crippen LogP) is 1.73. The van der Waals surface area contributed by atoms with E-state index in [0.717, 1.165) is 24.9 Å². The lowest BCUT2D eigenvalue weighted by molar-refractivity contribution is -0.115. The minimum absolute atomic E-state index is 0. The first-order valence-electron chi connectivity index (χ1n) is 7.72. The highest BCUT2D eigenvalue weighted by Crippen LogP contribution is 2.34. The third-order valence-electron chi connectivity index (χ3n) is 4.13. The summed E-state index contributed by atoms with van der Waals surface area (Å²) in [5.74, 6) is 0.544. The van der Waals surface area contributed by atoms with Gasteiger partial charge in [-0.3, -0.25) is 9.79 Å². The van der Waals surface area contributed by atoms with E-state index < -0.39 is 0 Å². The molecule has 0 saturated carbocycles. The van der Waals surface area contributed by atoms with Crippen LogP contribution in [0.5, 0.6) is 0 Å². The van der Waals surface area contributed by atoms with Gasteiger partial charge in [0, 0.05) is 12.7 Å². The van der Waals surface area contributed by atoms with Gasteiger partial charge in [0.25, 0.3) is 0 Å². The summed E-state index contributed by atoms with van der Waals surface area (Å²) in [7, 11) is 1.71. The maximum atomic E-state index is 11.9. The van der Waals surface area contributed by atoms with E-state index in [4.69, 9.17) is 4.74 Å². The van der Waals surface area contributed by atoms with Crippen LogP contribution in [0.1, 0.15) is 19.3 Å². The number of hydrogen-bond acceptors (Lipinski definition) is 3. The Hall–Kier alpha value is -1.35. The second kappa shape index (κ2) is 8.49. The lowest BCUT2D eigenvalue weighted by Gasteiger charge is -2.22. The number of guanidine groups is 1. The van der Waals surface area contributed by atoms with Gasteiger partial charge in [0.05, 0.1) is 24.8 Å². The molecule has 7 heteroatoms. The lowest BCUT2D eigenvalue weighted by Crippen LogP contribution is -2.49. The van der Waals surface area contributed by atoms with Gasteiger partial charge in [-0.25, -0.2) is 0 Å². The number of rotatable bonds is 4. The number of carbonyl (C=O) groups is 1. The smallest absolute Gasteiger partial charge is 0.243 e. The predicted molar refractivity (Wildman–Crippen MR) is 101 cm³/mol. The number of benzene rings is 1. The molecule has 2 aliphatic rings. The van der Waals surface area contributed by atoms with Crippen molar-refractivity contribution in [3.8, 4) is 0 Å². The number of nitrogens with one attached hydrogen (secondary N) is 3. The fraction of sp³-hybridized carbons (Fsp3) is 0.500. The number of amides is 1. The van der Waals surface area contributed by atoms with Gasteiger partial charge in [0.2, 0.25) is 5.91 Å². The van der Waals surface area contributed by atoms with Crippen LogP contribution >= 0.6 is 24.0 Å². The minimum Gasteiger partial charge on any atom is -0.373 e. The third kappa shape index (κ3) is 4.81. The van der Waals surface area contributed by atoms with Crippen LogP contribution in [0.4, 0.5) is 5.69 Å². The van der Waals surface area contributed by atoms with Crippen LogP contribution in [0.3, 0.4) is 0 Å². The molecule has 0 aromatic heterocycles. The quantitative estimate of drug-likeness (QED) is 0.387. The van der Waals surface area contributed by atoms with Gasteiger partial charge in [-0.15, -0.1) is 24.0 Å². The number of fused-ring (bicyclic) bond motifs is 2. The van der Waals surface area contributed by atoms with Crippen molar-refractivity contribution in [2.45, 2.75) is 37.5 Å². The number of hydrogen-bond donors (Lipinski definition) is 3. The summed E-state index contributed by atoms with van der Waals surface area (Å²) < 4.78 is 5.81. The topological polar surface area (TPSA) is 74.8 Å². The van der Waals surface area contributed by atoms with Gasteiger partial charge in [-0.05, 0) is 31.4 Å². The largest absolute Gasteiger partial charge is 0.373 e. The fourth-order valence-electron chi connectivity index (χ4n) is 3.05. The summed E-state index contributed by atoms with van der Waals surface area (Å²) in [6.07, 6.45) is 3.95. The highest BCUT2D eigenvalue weighted by molar-refractivity contribution is 14.0. The van der Waals surface area contributed by atoms with E-state index in [2.05, 4.69) is 20.9 Å². The van der Waals surface area contributed by atoms with Crippen LogP contribution < -0.4 is 16.0 Å². The van der Waals surface area contributed by atoms with E-state index in [1.165, 1.54) is 0 Å². The highest BCUT2D eigenvalue weighted by atomic mass is 127. The molecule has 1 aromatic carbocycles. The van der Waals surface area contributed by atoms with Crippen molar-refractivity contribution in [2.75, 3.05) is 18.9 Å². The van der Waals surface area contributed by atoms with Crippen molar-refractivity contribution >= 4 is 41.5 Å². The van der Waals surface area contributed by atoms with Crippen molar-refractivity contribution < 1.29 is 9.53 Å². The zero-order chi connectivity index (χ0) is 15.4. The molecule has 3 rings (SSSR count). The molecule has 3 N–H and O–H groups in total. The number of halogens is 1. The van der Waals surface area contributed by atoms with Gasteiger partial charge in [0.15, 0.2) is 5.96 Å². The lowest BCUT2D eigenvalue weighted by atomic mass is 9.96. The van der Waals surface area contributed by atoms with E-state index in [1.54, 1.807) is 7.05 Å². The zero-order valence-electron chi connectivity index (χ0n) is 13.1. The van der Waals surface area contributed by atoms with Gasteiger partial charge >= 0.3 is 0 Å². The van der Waals surface area contributed by atoms with Crippen LogP contribution in [-0.4, -0.2) is 43.7 Å². The molecule has 23 heavy (non-hydrogen) atoms. The van der Waals surface area contributed by atoms with Crippen molar-refractivity contribution in [2.24, 2.45) is 4.99 Å². The summed E-state index contributed by atoms with van der Waals surface area (Å²) in [5.41, 5.74) is 0.791. The van der Waals surface area contributed by atoms with Crippen LogP contribution in [0.15, 0.2) is 35.3 Å². The van der Waals surface area contributed by atoms with Crippen LogP contribution in [-0.2, 0) is 9.53 Å². The SMILES string of the molecule is CN=C(NCC(=O)Nc1ccccc1)NC1CC2CCC1O2.I. The van der Waals surface area contributed by atoms with Gasteiger partial charge in [-0.2, -0.15) is 0 Å². The molecule has 0 aliphatic carbocycles. The second-order valence-corrected chi connectivity index (χ2v) is 5.70. The number of ether oxygens (including phenoxy) is 1. The molecule has 0 spiro atoms. The Morgan fingerprint density at radius 1 is 1.30 bits per heavy atom. The van der Waals surface area contributed by atoms with Crippen LogP contribution in [0.25, 0.3) is 0 Å². The molecule has 3 unspecified atom stereocenters. The third-order valence-corrected chi connectivity index (χ3v) is 4.13. The molecule has 2 bridgehead atoms. The molecular formula is C16H23IN4O2. The number of carbonyl (C=O) groups excluding carboxylic acids is 1. The van der Waals surface area contributed by atoms with E-state index in [9.17, 15) is 4.79 Å². The van der Waals surface area contributed by atoms with Crippen molar-refractivity contribution in [3.63, 3.8) is 0 Å². The summed E-state index contributed by atoms with van der Waals surface area (Å²) in [4.78, 5) is 16.1. The number of para-hydroxylation sites is 1. The summed E-state index contributed by atoms with van der Waals surface area (Å²) >= 11 is 0. The standard InChI is InChI=1S/C16H22N4O2.HI/c1-17-16(20-13-9-12-7-8-14(13)22-12)18-10-15(21)19-11-5-3-2-4-6-11;/h2-6,12-14H,7-10H2,1H3,(H,19,21)(H2,17,18,20);1H. The molecule has 6 nitrogen and oxygen atoms in total. The molecule has 1 aromatic rings. The minimum atomic E-state index is -0.0988. The van der Waals surface area contributed by atoms with E-state index in [0.29, 0.717) is 18.1 Å². The fourth-order valence-corrected chi connectivity index (χ4v) is 3.05. The van der Waals surface area contributed by atoms with Crippen molar-refractivity contribution in [1.82, 2.24) is 10.6 Å². The molecular weight excluding hydrogens is 407 g/mol. The van der Waals surface area contributed by atoms with Crippen LogP contribution in [0.2, 0.25) is 0 Å². The van der Waals surface area contributed by atoms with E-state index in [-0.39, 0.29) is 42.5 Å². The first-order chi connectivity index (χ1) is 10.7. The molecule has 3 atom stereocenters. The Kier molecular flexibility index (Phi) is 6.64. The molecule has 126 valence electrons. The Morgan fingerprint density at radius 3 is 2.70 bits per heavy atom. The molecule has 0 radical (unpaired) electrons. The Labute approximate surface area is 153 Å². The summed E-state index contributed by atoms with van der Waals surface area (Å²) in [5, 5.41) is 9.23. The molecule has 2 heterocycles. The average molecular weight is 430 g/mol. The Balaban J connectivity index is 0.00000192. The number of aliphatic imine (C=N–C) groups is 1. The maximum Gasteiger partial charge on any atom is 0.243 e. The number of nitrogens with zero attached hydrogens (tertiary/aromatic N) is 1. The highest BCUT2D eigenvalue weighted by Gasteiger charge is 2.41. The Morgan fingerprint density at radius 2 is 2.09 bits per heavy atom.